The van der Waals surface area contributed by atoms with E-state index >= 15 is 0 Å². The van der Waals surface area contributed by atoms with E-state index in [1.807, 2.05) is 0 Å². The molecule has 1 aromatic heterocycles. The Kier molecular flexibility index (Phi) is 4.96. The van der Waals surface area contributed by atoms with E-state index in [4.69, 9.17) is 11.6 Å². The Hall–Kier alpha value is -0.870. The molecule has 1 aromatic rings. The second kappa shape index (κ2) is 6.93. The summed E-state index contributed by atoms with van der Waals surface area (Å²) in [6.07, 6.45) is 9.13. The second-order valence-corrected chi connectivity index (χ2v) is 6.49. The molecule has 0 bridgehead atoms. The number of nitrogens with zero attached hydrogens (tertiary/aromatic N) is 4. The standard InChI is InChI=1S/C16H25ClN4/c1-2-14-15(17)18-12-19-16(14)21-10-6-13(7-11-21)20-8-4-3-5-9-20/h12-13H,2-11H2,1H3. The lowest BCUT2D eigenvalue weighted by atomic mass is 9.99. The SMILES string of the molecule is CCc1c(Cl)ncnc1N1CCC(N2CCCCC2)CC1. The molecule has 3 rings (SSSR count). The van der Waals surface area contributed by atoms with Crippen LogP contribution in [0.4, 0.5) is 5.82 Å². The first-order chi connectivity index (χ1) is 10.3. The van der Waals surface area contributed by atoms with Gasteiger partial charge in [-0.15, -0.1) is 0 Å². The molecule has 0 unspecified atom stereocenters. The van der Waals surface area contributed by atoms with Crippen LogP contribution >= 0.6 is 11.6 Å². The number of hydrogen-bond donors (Lipinski definition) is 0. The molecule has 0 radical (unpaired) electrons. The number of piperidine rings is 2. The lowest BCUT2D eigenvalue weighted by molar-refractivity contribution is 0.141. The minimum Gasteiger partial charge on any atom is -0.356 e. The van der Waals surface area contributed by atoms with Crippen LogP contribution in [-0.4, -0.2) is 47.1 Å². The van der Waals surface area contributed by atoms with Gasteiger partial charge in [0.05, 0.1) is 0 Å². The predicted molar refractivity (Wildman–Crippen MR) is 87.1 cm³/mol. The maximum atomic E-state index is 6.21. The fraction of sp³-hybridized carbons (Fsp3) is 0.750. The molecule has 5 heteroatoms. The molecule has 0 aromatic carbocycles. The van der Waals surface area contributed by atoms with Crippen molar-refractivity contribution in [2.75, 3.05) is 31.1 Å². The predicted octanol–water partition coefficient (Wildman–Crippen LogP) is 3.15. The van der Waals surface area contributed by atoms with Crippen molar-refractivity contribution in [3.05, 3.63) is 17.0 Å². The van der Waals surface area contributed by atoms with Crippen molar-refractivity contribution in [1.29, 1.82) is 0 Å². The summed E-state index contributed by atoms with van der Waals surface area (Å²) in [6.45, 7) is 6.88. The van der Waals surface area contributed by atoms with Crippen molar-refractivity contribution >= 4 is 17.4 Å². The number of rotatable bonds is 3. The molecular formula is C16H25ClN4. The van der Waals surface area contributed by atoms with Crippen molar-refractivity contribution in [3.8, 4) is 0 Å². The normalized spacial score (nSPS) is 21.7. The van der Waals surface area contributed by atoms with Gasteiger partial charge in [-0.05, 0) is 45.2 Å². The highest BCUT2D eigenvalue weighted by Crippen LogP contribution is 2.28. The van der Waals surface area contributed by atoms with E-state index in [1.165, 1.54) is 45.2 Å². The Labute approximate surface area is 132 Å². The van der Waals surface area contributed by atoms with Gasteiger partial charge in [-0.1, -0.05) is 24.9 Å². The number of aromatic nitrogens is 2. The van der Waals surface area contributed by atoms with Crippen molar-refractivity contribution in [2.24, 2.45) is 0 Å². The van der Waals surface area contributed by atoms with E-state index in [2.05, 4.69) is 26.7 Å². The molecule has 4 nitrogen and oxygen atoms in total. The van der Waals surface area contributed by atoms with Gasteiger partial charge in [0.25, 0.3) is 0 Å². The Morgan fingerprint density at radius 2 is 1.81 bits per heavy atom. The van der Waals surface area contributed by atoms with Gasteiger partial charge in [-0.3, -0.25) is 0 Å². The Morgan fingerprint density at radius 1 is 1.10 bits per heavy atom. The number of likely N-dealkylation sites (tertiary alicyclic amines) is 1. The summed E-state index contributed by atoms with van der Waals surface area (Å²) in [5.74, 6) is 1.05. The minimum atomic E-state index is 0.612. The third kappa shape index (κ3) is 3.32. The van der Waals surface area contributed by atoms with Crippen LogP contribution in [0.3, 0.4) is 0 Å². The molecule has 0 spiro atoms. The van der Waals surface area contributed by atoms with Crippen LogP contribution in [0.5, 0.6) is 0 Å². The van der Waals surface area contributed by atoms with Gasteiger partial charge in [0.15, 0.2) is 0 Å². The largest absolute Gasteiger partial charge is 0.356 e. The maximum absolute atomic E-state index is 6.21. The smallest absolute Gasteiger partial charge is 0.137 e. The fourth-order valence-corrected chi connectivity index (χ4v) is 3.95. The van der Waals surface area contributed by atoms with Crippen LogP contribution in [0.1, 0.15) is 44.6 Å². The van der Waals surface area contributed by atoms with E-state index in [1.54, 1.807) is 6.33 Å². The van der Waals surface area contributed by atoms with Gasteiger partial charge in [-0.25, -0.2) is 9.97 Å². The molecule has 0 saturated carbocycles. The second-order valence-electron chi connectivity index (χ2n) is 6.14. The topological polar surface area (TPSA) is 32.3 Å². The molecule has 0 aliphatic carbocycles. The molecule has 2 fully saturated rings. The van der Waals surface area contributed by atoms with Gasteiger partial charge in [0.1, 0.15) is 17.3 Å². The Morgan fingerprint density at radius 3 is 2.48 bits per heavy atom. The van der Waals surface area contributed by atoms with Gasteiger partial charge >= 0.3 is 0 Å². The highest BCUT2D eigenvalue weighted by Gasteiger charge is 2.27. The van der Waals surface area contributed by atoms with E-state index in [0.717, 1.165) is 36.9 Å². The lowest BCUT2D eigenvalue weighted by Gasteiger charge is -2.40. The Balaban J connectivity index is 1.64. The molecule has 0 N–H and O–H groups in total. The number of anilines is 1. The van der Waals surface area contributed by atoms with Crippen LogP contribution in [0.25, 0.3) is 0 Å². The first-order valence-corrected chi connectivity index (χ1v) is 8.65. The molecule has 2 aliphatic heterocycles. The van der Waals surface area contributed by atoms with E-state index in [9.17, 15) is 0 Å². The van der Waals surface area contributed by atoms with E-state index in [-0.39, 0.29) is 0 Å². The van der Waals surface area contributed by atoms with Gasteiger partial charge in [0.2, 0.25) is 0 Å². The maximum Gasteiger partial charge on any atom is 0.137 e. The quantitative estimate of drug-likeness (QED) is 0.803. The van der Waals surface area contributed by atoms with E-state index < -0.39 is 0 Å². The first kappa shape index (κ1) is 15.0. The first-order valence-electron chi connectivity index (χ1n) is 8.28. The fourth-order valence-electron chi connectivity index (χ4n) is 3.69. The molecule has 2 aliphatic rings. The summed E-state index contributed by atoms with van der Waals surface area (Å²) in [4.78, 5) is 13.7. The summed E-state index contributed by atoms with van der Waals surface area (Å²) < 4.78 is 0. The molecule has 3 heterocycles. The van der Waals surface area contributed by atoms with Crippen molar-refractivity contribution < 1.29 is 0 Å². The average molecular weight is 309 g/mol. The zero-order chi connectivity index (χ0) is 14.7. The molecule has 21 heavy (non-hydrogen) atoms. The number of hydrogen-bond acceptors (Lipinski definition) is 4. The third-order valence-corrected chi connectivity index (χ3v) is 5.22. The summed E-state index contributed by atoms with van der Waals surface area (Å²) in [5.41, 5.74) is 1.09. The highest BCUT2D eigenvalue weighted by molar-refractivity contribution is 6.30. The molecule has 116 valence electrons. The summed E-state index contributed by atoms with van der Waals surface area (Å²) >= 11 is 6.21. The molecule has 2 saturated heterocycles. The van der Waals surface area contributed by atoms with Crippen molar-refractivity contribution in [3.63, 3.8) is 0 Å². The molecule has 0 atom stereocenters. The zero-order valence-corrected chi connectivity index (χ0v) is 13.6. The summed E-state index contributed by atoms with van der Waals surface area (Å²) in [5, 5.41) is 0.612. The zero-order valence-electron chi connectivity index (χ0n) is 12.9. The van der Waals surface area contributed by atoms with Crippen LogP contribution in [0.15, 0.2) is 6.33 Å². The highest BCUT2D eigenvalue weighted by atomic mass is 35.5. The average Bonchev–Trinajstić information content (AvgIpc) is 2.55. The monoisotopic (exact) mass is 308 g/mol. The van der Waals surface area contributed by atoms with Crippen LogP contribution < -0.4 is 4.90 Å². The summed E-state index contributed by atoms with van der Waals surface area (Å²) in [6, 6.07) is 0.768. The molecule has 0 amide bonds. The van der Waals surface area contributed by atoms with Gasteiger partial charge in [-0.2, -0.15) is 0 Å². The number of halogens is 1. The third-order valence-electron chi connectivity index (χ3n) is 4.89. The van der Waals surface area contributed by atoms with E-state index in [0.29, 0.717) is 5.15 Å². The van der Waals surface area contributed by atoms with Crippen LogP contribution in [0.2, 0.25) is 5.15 Å². The van der Waals surface area contributed by atoms with Crippen LogP contribution in [-0.2, 0) is 6.42 Å². The van der Waals surface area contributed by atoms with Crippen LogP contribution in [0, 0.1) is 0 Å². The van der Waals surface area contributed by atoms with Crippen molar-refractivity contribution in [1.82, 2.24) is 14.9 Å². The van der Waals surface area contributed by atoms with Gasteiger partial charge < -0.3 is 9.80 Å². The summed E-state index contributed by atoms with van der Waals surface area (Å²) in [7, 11) is 0. The Bertz CT molecular complexity index is 465. The molecular weight excluding hydrogens is 284 g/mol. The van der Waals surface area contributed by atoms with Gasteiger partial charge in [0, 0.05) is 24.7 Å². The lowest BCUT2D eigenvalue weighted by Crippen LogP contribution is -2.47. The minimum absolute atomic E-state index is 0.612. The van der Waals surface area contributed by atoms with Crippen molar-refractivity contribution in [2.45, 2.75) is 51.5 Å².